The second-order valence-electron chi connectivity index (χ2n) is 4.09. The Hall–Kier alpha value is -2.27. The molecule has 0 saturated heterocycles. The summed E-state index contributed by atoms with van der Waals surface area (Å²) in [5, 5.41) is 9.19. The highest BCUT2D eigenvalue weighted by molar-refractivity contribution is 6.33. The van der Waals surface area contributed by atoms with Crippen LogP contribution in [-0.2, 0) is 0 Å². The van der Waals surface area contributed by atoms with Gasteiger partial charge >= 0.3 is 5.97 Å². The number of carboxylic acids is 1. The highest BCUT2D eigenvalue weighted by Gasteiger charge is 2.13. The van der Waals surface area contributed by atoms with Crippen LogP contribution >= 0.6 is 11.6 Å². The van der Waals surface area contributed by atoms with E-state index in [1.807, 2.05) is 24.3 Å². The summed E-state index contributed by atoms with van der Waals surface area (Å²) < 4.78 is 5.16. The van der Waals surface area contributed by atoms with E-state index in [2.05, 4.69) is 4.98 Å². The lowest BCUT2D eigenvalue weighted by Gasteiger charge is -2.19. The van der Waals surface area contributed by atoms with Crippen LogP contribution in [0.5, 0.6) is 5.75 Å². The van der Waals surface area contributed by atoms with Crippen LogP contribution in [0.15, 0.2) is 36.5 Å². The van der Waals surface area contributed by atoms with Gasteiger partial charge in [0.1, 0.15) is 11.6 Å². The first kappa shape index (κ1) is 14.1. The minimum Gasteiger partial charge on any atom is -0.497 e. The van der Waals surface area contributed by atoms with Crippen LogP contribution in [0.3, 0.4) is 0 Å². The van der Waals surface area contributed by atoms with Crippen molar-refractivity contribution in [3.63, 3.8) is 0 Å². The van der Waals surface area contributed by atoms with E-state index in [0.29, 0.717) is 11.6 Å². The van der Waals surface area contributed by atoms with Crippen LogP contribution in [0.25, 0.3) is 0 Å². The van der Waals surface area contributed by atoms with E-state index < -0.39 is 5.97 Å². The molecule has 1 aromatic heterocycles. The third kappa shape index (κ3) is 2.83. The molecule has 0 aliphatic heterocycles. The van der Waals surface area contributed by atoms with Crippen molar-refractivity contribution in [2.75, 3.05) is 19.1 Å². The fraction of sp³-hybridized carbons (Fsp3) is 0.143. The molecule has 0 spiro atoms. The van der Waals surface area contributed by atoms with Crippen LogP contribution in [-0.4, -0.2) is 30.2 Å². The number of hydrogen-bond acceptors (Lipinski definition) is 4. The third-order valence-electron chi connectivity index (χ3n) is 2.86. The molecule has 0 radical (unpaired) electrons. The monoisotopic (exact) mass is 292 g/mol. The van der Waals surface area contributed by atoms with Gasteiger partial charge in [0.05, 0.1) is 17.7 Å². The zero-order valence-electron chi connectivity index (χ0n) is 11.0. The Morgan fingerprint density at radius 3 is 2.80 bits per heavy atom. The first-order chi connectivity index (χ1) is 9.52. The van der Waals surface area contributed by atoms with Gasteiger partial charge in [-0.25, -0.2) is 9.78 Å². The molecule has 0 saturated carbocycles. The number of halogens is 1. The minimum atomic E-state index is -1.09. The lowest BCUT2D eigenvalue weighted by Crippen LogP contribution is -2.12. The van der Waals surface area contributed by atoms with Crippen molar-refractivity contribution >= 4 is 29.1 Å². The molecule has 1 N–H and O–H groups in total. The number of carboxylic acid groups (broad SMARTS) is 1. The van der Waals surface area contributed by atoms with Gasteiger partial charge < -0.3 is 14.7 Å². The van der Waals surface area contributed by atoms with Crippen molar-refractivity contribution in [3.8, 4) is 5.75 Å². The Morgan fingerprint density at radius 1 is 1.40 bits per heavy atom. The van der Waals surface area contributed by atoms with E-state index in [-0.39, 0.29) is 10.6 Å². The number of aromatic carboxylic acids is 1. The Morgan fingerprint density at radius 2 is 2.15 bits per heavy atom. The van der Waals surface area contributed by atoms with E-state index in [0.717, 1.165) is 5.69 Å². The maximum Gasteiger partial charge on any atom is 0.337 e. The molecule has 0 aliphatic carbocycles. The molecule has 2 rings (SSSR count). The lowest BCUT2D eigenvalue weighted by atomic mass is 10.2. The van der Waals surface area contributed by atoms with Crippen LogP contribution in [0.1, 0.15) is 10.4 Å². The van der Waals surface area contributed by atoms with Crippen molar-refractivity contribution in [2.45, 2.75) is 0 Å². The number of anilines is 2. The molecule has 0 unspecified atom stereocenters. The van der Waals surface area contributed by atoms with Gasteiger partial charge in [0.15, 0.2) is 0 Å². The highest BCUT2D eigenvalue weighted by atomic mass is 35.5. The molecule has 0 fully saturated rings. The number of pyridine rings is 1. The molecular formula is C14H13ClN2O3. The first-order valence-electron chi connectivity index (χ1n) is 5.79. The molecule has 6 heteroatoms. The summed E-state index contributed by atoms with van der Waals surface area (Å²) in [5.74, 6) is 0.111. The maximum atomic E-state index is 11.1. The zero-order valence-corrected chi connectivity index (χ0v) is 11.8. The van der Waals surface area contributed by atoms with Gasteiger partial charge in [-0.3, -0.25) is 0 Å². The molecule has 104 valence electrons. The summed E-state index contributed by atoms with van der Waals surface area (Å²) >= 11 is 5.81. The van der Waals surface area contributed by atoms with Gasteiger partial charge in [0.2, 0.25) is 0 Å². The Bertz CT molecular complexity index is 646. The molecule has 1 heterocycles. The second-order valence-corrected chi connectivity index (χ2v) is 4.50. The SMILES string of the molecule is COc1cccc(N(C)c2cc(C(=O)O)c(Cl)cn2)c1. The van der Waals surface area contributed by atoms with Gasteiger partial charge in [0.25, 0.3) is 0 Å². The summed E-state index contributed by atoms with van der Waals surface area (Å²) in [4.78, 5) is 17.0. The average Bonchev–Trinajstić information content (AvgIpc) is 2.46. The van der Waals surface area contributed by atoms with Crippen LogP contribution < -0.4 is 9.64 Å². The Labute approximate surface area is 121 Å². The van der Waals surface area contributed by atoms with Gasteiger partial charge in [-0.1, -0.05) is 17.7 Å². The van der Waals surface area contributed by atoms with Gasteiger partial charge in [0, 0.05) is 25.0 Å². The molecular weight excluding hydrogens is 280 g/mol. The number of aromatic nitrogens is 1. The van der Waals surface area contributed by atoms with Gasteiger partial charge in [-0.15, -0.1) is 0 Å². The van der Waals surface area contributed by atoms with Crippen molar-refractivity contribution in [1.29, 1.82) is 0 Å². The van der Waals surface area contributed by atoms with E-state index >= 15 is 0 Å². The summed E-state index contributed by atoms with van der Waals surface area (Å²) in [6.45, 7) is 0. The minimum absolute atomic E-state index is 0.0198. The molecule has 0 bridgehead atoms. The van der Waals surface area contributed by atoms with E-state index in [1.54, 1.807) is 19.1 Å². The van der Waals surface area contributed by atoms with Gasteiger partial charge in [-0.05, 0) is 18.2 Å². The van der Waals surface area contributed by atoms with Crippen LogP contribution in [0.4, 0.5) is 11.5 Å². The summed E-state index contributed by atoms with van der Waals surface area (Å²) in [6.07, 6.45) is 1.33. The average molecular weight is 293 g/mol. The molecule has 20 heavy (non-hydrogen) atoms. The fourth-order valence-electron chi connectivity index (χ4n) is 1.73. The number of ether oxygens (including phenoxy) is 1. The lowest BCUT2D eigenvalue weighted by molar-refractivity contribution is 0.0697. The summed E-state index contributed by atoms with van der Waals surface area (Å²) in [7, 11) is 3.37. The van der Waals surface area contributed by atoms with Crippen molar-refractivity contribution in [1.82, 2.24) is 4.98 Å². The maximum absolute atomic E-state index is 11.1. The number of nitrogens with zero attached hydrogens (tertiary/aromatic N) is 2. The Balaban J connectivity index is 2.40. The number of carbonyl (C=O) groups is 1. The normalized spacial score (nSPS) is 10.2. The molecule has 5 nitrogen and oxygen atoms in total. The molecule has 2 aromatic rings. The van der Waals surface area contributed by atoms with E-state index in [4.69, 9.17) is 21.4 Å². The molecule has 1 aromatic carbocycles. The second kappa shape index (κ2) is 5.79. The van der Waals surface area contributed by atoms with Gasteiger partial charge in [-0.2, -0.15) is 0 Å². The van der Waals surface area contributed by atoms with Crippen LogP contribution in [0, 0.1) is 0 Å². The van der Waals surface area contributed by atoms with E-state index in [1.165, 1.54) is 12.3 Å². The largest absolute Gasteiger partial charge is 0.497 e. The molecule has 0 aliphatic rings. The standard InChI is InChI=1S/C14H13ClN2O3/c1-17(9-4-3-5-10(6-9)20-2)13-7-11(14(18)19)12(15)8-16-13/h3-8H,1-2H3,(H,18,19). The highest BCUT2D eigenvalue weighted by Crippen LogP contribution is 2.27. The van der Waals surface area contributed by atoms with Crippen molar-refractivity contribution in [2.24, 2.45) is 0 Å². The smallest absolute Gasteiger partial charge is 0.337 e. The zero-order chi connectivity index (χ0) is 14.7. The number of hydrogen-bond donors (Lipinski definition) is 1. The third-order valence-corrected chi connectivity index (χ3v) is 3.16. The Kier molecular flexibility index (Phi) is 4.10. The summed E-state index contributed by atoms with van der Waals surface area (Å²) in [6, 6.07) is 8.81. The number of rotatable bonds is 4. The fourth-order valence-corrected chi connectivity index (χ4v) is 1.91. The predicted octanol–water partition coefficient (Wildman–Crippen LogP) is 3.21. The van der Waals surface area contributed by atoms with E-state index in [9.17, 15) is 4.79 Å². The van der Waals surface area contributed by atoms with Crippen LogP contribution in [0.2, 0.25) is 5.02 Å². The van der Waals surface area contributed by atoms with Crippen molar-refractivity contribution < 1.29 is 14.6 Å². The number of benzene rings is 1. The first-order valence-corrected chi connectivity index (χ1v) is 6.17. The summed E-state index contributed by atoms with van der Waals surface area (Å²) in [5.41, 5.74) is 0.849. The van der Waals surface area contributed by atoms with Crippen molar-refractivity contribution in [3.05, 3.63) is 47.1 Å². The number of methoxy groups -OCH3 is 1. The topological polar surface area (TPSA) is 62.7 Å². The molecule has 0 amide bonds. The predicted molar refractivity (Wildman–Crippen MR) is 77.3 cm³/mol. The molecule has 0 atom stereocenters. The quantitative estimate of drug-likeness (QED) is 0.937.